The Morgan fingerprint density at radius 3 is 2.37 bits per heavy atom. The third-order valence-corrected chi connectivity index (χ3v) is 4.88. The number of para-hydroxylation sites is 1. The van der Waals surface area contributed by atoms with Crippen LogP contribution in [0.2, 0.25) is 0 Å². The summed E-state index contributed by atoms with van der Waals surface area (Å²) in [5.74, 6) is -0.669. The third-order valence-electron chi connectivity index (χ3n) is 4.88. The molecule has 0 bridgehead atoms. The predicted molar refractivity (Wildman–Crippen MR) is 113 cm³/mol. The number of imide groups is 2. The first-order valence-corrected chi connectivity index (χ1v) is 9.28. The van der Waals surface area contributed by atoms with Crippen LogP contribution in [0.5, 0.6) is 5.75 Å². The second-order valence-electron chi connectivity index (χ2n) is 6.75. The summed E-state index contributed by atoms with van der Waals surface area (Å²) in [6.07, 6.45) is 3.31. The van der Waals surface area contributed by atoms with Gasteiger partial charge in [-0.2, -0.15) is 0 Å². The Morgan fingerprint density at radius 1 is 0.933 bits per heavy atom. The van der Waals surface area contributed by atoms with E-state index < -0.39 is 17.8 Å². The highest BCUT2D eigenvalue weighted by Crippen LogP contribution is 2.25. The van der Waals surface area contributed by atoms with Crippen LogP contribution >= 0.6 is 0 Å². The van der Waals surface area contributed by atoms with Crippen molar-refractivity contribution in [1.82, 2.24) is 9.88 Å². The number of aryl methyl sites for hydroxylation is 1. The number of carbonyl (C=O) groups excluding carboxylic acids is 3. The highest BCUT2D eigenvalue weighted by Gasteiger charge is 2.37. The molecule has 1 aromatic heterocycles. The first kappa shape index (κ1) is 19.2. The summed E-state index contributed by atoms with van der Waals surface area (Å²) in [6.45, 7) is 1.80. The average Bonchev–Trinajstić information content (AvgIpc) is 3.20. The van der Waals surface area contributed by atoms with E-state index >= 15 is 0 Å². The van der Waals surface area contributed by atoms with E-state index in [2.05, 4.69) is 5.32 Å². The fourth-order valence-electron chi connectivity index (χ4n) is 3.33. The van der Waals surface area contributed by atoms with Crippen LogP contribution in [0.15, 0.2) is 72.4 Å². The first-order valence-electron chi connectivity index (χ1n) is 9.28. The predicted octanol–water partition coefficient (Wildman–Crippen LogP) is 3.46. The molecule has 1 N–H and O–H groups in total. The Labute approximate surface area is 173 Å². The summed E-state index contributed by atoms with van der Waals surface area (Å²) in [5, 5.41) is 2.26. The third kappa shape index (κ3) is 3.37. The average molecular weight is 401 g/mol. The molecule has 2 heterocycles. The first-order chi connectivity index (χ1) is 14.5. The number of nitrogens with zero attached hydrogens (tertiary/aromatic N) is 2. The van der Waals surface area contributed by atoms with Gasteiger partial charge in [-0.15, -0.1) is 0 Å². The van der Waals surface area contributed by atoms with Crippen molar-refractivity contribution in [2.45, 2.75) is 6.92 Å². The van der Waals surface area contributed by atoms with Crippen LogP contribution in [0.4, 0.5) is 10.5 Å². The summed E-state index contributed by atoms with van der Waals surface area (Å²) in [4.78, 5) is 39.0. The summed E-state index contributed by atoms with van der Waals surface area (Å²) >= 11 is 0. The van der Waals surface area contributed by atoms with Gasteiger partial charge < -0.3 is 9.30 Å². The van der Waals surface area contributed by atoms with Gasteiger partial charge in [0.1, 0.15) is 11.3 Å². The van der Waals surface area contributed by atoms with E-state index in [1.807, 2.05) is 47.2 Å². The quantitative estimate of drug-likeness (QED) is 0.536. The van der Waals surface area contributed by atoms with E-state index in [-0.39, 0.29) is 5.57 Å². The molecule has 0 spiro atoms. The smallest absolute Gasteiger partial charge is 0.335 e. The minimum atomic E-state index is -0.762. The number of nitrogens with one attached hydrogen (secondary N) is 1. The number of aromatic nitrogens is 1. The van der Waals surface area contributed by atoms with Crippen molar-refractivity contribution in [3.63, 3.8) is 0 Å². The van der Waals surface area contributed by atoms with Crippen molar-refractivity contribution in [2.75, 3.05) is 12.0 Å². The maximum Gasteiger partial charge on any atom is 0.335 e. The number of urea groups is 1. The number of hydrogen-bond acceptors (Lipinski definition) is 4. The van der Waals surface area contributed by atoms with Gasteiger partial charge in [0, 0.05) is 17.6 Å². The lowest BCUT2D eigenvalue weighted by atomic mass is 10.1. The molecule has 150 valence electrons. The fraction of sp³-hybridized carbons (Fsp3) is 0.0870. The highest BCUT2D eigenvalue weighted by atomic mass is 16.5. The normalized spacial score (nSPS) is 15.5. The summed E-state index contributed by atoms with van der Waals surface area (Å²) < 4.78 is 7.02. The molecule has 1 fully saturated rings. The molecule has 1 aliphatic heterocycles. The number of rotatable bonds is 4. The number of hydrogen-bond donors (Lipinski definition) is 1. The molecule has 7 nitrogen and oxygen atoms in total. The lowest BCUT2D eigenvalue weighted by Crippen LogP contribution is -2.54. The standard InChI is InChI=1S/C23H19N3O4/c1-15-6-3-4-8-20(15)26-22(28)19(21(27)24-23(26)29)14-17-7-5-13-25(17)16-9-11-18(30-2)12-10-16/h3-14H,1-2H3,(H,24,27,29)/b19-14+. The van der Waals surface area contributed by atoms with Crippen molar-refractivity contribution >= 4 is 29.6 Å². The molecule has 3 aromatic rings. The zero-order valence-electron chi connectivity index (χ0n) is 16.5. The van der Waals surface area contributed by atoms with Crippen LogP contribution in [0.1, 0.15) is 11.3 Å². The van der Waals surface area contributed by atoms with E-state index in [0.29, 0.717) is 11.4 Å². The van der Waals surface area contributed by atoms with Crippen molar-refractivity contribution < 1.29 is 19.1 Å². The zero-order chi connectivity index (χ0) is 21.3. The van der Waals surface area contributed by atoms with E-state index in [4.69, 9.17) is 4.74 Å². The lowest BCUT2D eigenvalue weighted by Gasteiger charge is -2.27. The van der Waals surface area contributed by atoms with Gasteiger partial charge in [-0.1, -0.05) is 18.2 Å². The number of ether oxygens (including phenoxy) is 1. The summed E-state index contributed by atoms with van der Waals surface area (Å²) in [5.41, 5.74) is 2.52. The highest BCUT2D eigenvalue weighted by molar-refractivity contribution is 6.39. The van der Waals surface area contributed by atoms with Gasteiger partial charge >= 0.3 is 6.03 Å². The van der Waals surface area contributed by atoms with Crippen LogP contribution < -0.4 is 15.0 Å². The second kappa shape index (κ2) is 7.71. The maximum atomic E-state index is 13.1. The van der Waals surface area contributed by atoms with Crippen molar-refractivity contribution in [1.29, 1.82) is 0 Å². The van der Waals surface area contributed by atoms with Gasteiger partial charge in [-0.3, -0.25) is 14.9 Å². The lowest BCUT2D eigenvalue weighted by molar-refractivity contribution is -0.122. The van der Waals surface area contributed by atoms with Gasteiger partial charge in [0.25, 0.3) is 11.8 Å². The van der Waals surface area contributed by atoms with Crippen molar-refractivity contribution in [3.05, 3.63) is 83.7 Å². The van der Waals surface area contributed by atoms with Gasteiger partial charge in [0.05, 0.1) is 12.8 Å². The zero-order valence-corrected chi connectivity index (χ0v) is 16.5. The molecule has 1 aliphatic rings. The molecule has 0 saturated carbocycles. The molecular formula is C23H19N3O4. The molecule has 0 radical (unpaired) electrons. The van der Waals surface area contributed by atoms with Crippen LogP contribution in [0.3, 0.4) is 0 Å². The van der Waals surface area contributed by atoms with Crippen molar-refractivity contribution in [3.8, 4) is 11.4 Å². The molecule has 0 aliphatic carbocycles. The minimum absolute atomic E-state index is 0.119. The monoisotopic (exact) mass is 401 g/mol. The van der Waals surface area contributed by atoms with Gasteiger partial charge in [-0.25, -0.2) is 9.69 Å². The topological polar surface area (TPSA) is 80.6 Å². The largest absolute Gasteiger partial charge is 0.497 e. The van der Waals surface area contributed by atoms with Gasteiger partial charge in [0.15, 0.2) is 0 Å². The molecule has 4 rings (SSSR count). The van der Waals surface area contributed by atoms with Crippen LogP contribution in [-0.4, -0.2) is 29.5 Å². The number of benzene rings is 2. The number of anilines is 1. The van der Waals surface area contributed by atoms with Crippen LogP contribution in [0, 0.1) is 6.92 Å². The Bertz CT molecular complexity index is 1180. The number of barbiturate groups is 1. The molecule has 4 amide bonds. The summed E-state index contributed by atoms with van der Waals surface area (Å²) in [6, 6.07) is 17.2. The van der Waals surface area contributed by atoms with Crippen LogP contribution in [-0.2, 0) is 9.59 Å². The van der Waals surface area contributed by atoms with Crippen molar-refractivity contribution in [2.24, 2.45) is 0 Å². The number of carbonyl (C=O) groups is 3. The van der Waals surface area contributed by atoms with E-state index in [0.717, 1.165) is 21.9 Å². The Morgan fingerprint density at radius 2 is 1.67 bits per heavy atom. The second-order valence-corrected chi connectivity index (χ2v) is 6.75. The van der Waals surface area contributed by atoms with Gasteiger partial charge in [-0.05, 0) is 61.0 Å². The molecule has 7 heteroatoms. The summed E-state index contributed by atoms with van der Waals surface area (Å²) in [7, 11) is 1.59. The minimum Gasteiger partial charge on any atom is -0.497 e. The molecule has 2 aromatic carbocycles. The SMILES string of the molecule is COc1ccc(-n2cccc2/C=C2\C(=O)NC(=O)N(c3ccccc3C)C2=O)cc1. The fourth-order valence-corrected chi connectivity index (χ4v) is 3.33. The molecule has 30 heavy (non-hydrogen) atoms. The molecule has 0 atom stereocenters. The Hall–Kier alpha value is -4.13. The van der Waals surface area contributed by atoms with E-state index in [9.17, 15) is 14.4 Å². The number of amides is 4. The Balaban J connectivity index is 1.74. The Kier molecular flexibility index (Phi) is 4.93. The van der Waals surface area contributed by atoms with E-state index in [1.54, 1.807) is 38.3 Å². The maximum absolute atomic E-state index is 13.1. The van der Waals surface area contributed by atoms with Gasteiger partial charge in [0.2, 0.25) is 0 Å². The van der Waals surface area contributed by atoms with Crippen LogP contribution in [0.25, 0.3) is 11.8 Å². The van der Waals surface area contributed by atoms with E-state index in [1.165, 1.54) is 6.08 Å². The molecule has 0 unspecified atom stereocenters. The molecular weight excluding hydrogens is 382 g/mol. The number of methoxy groups -OCH3 is 1. The molecule has 1 saturated heterocycles.